The second-order valence-corrected chi connectivity index (χ2v) is 9.42. The van der Waals surface area contributed by atoms with Crippen LogP contribution in [0.4, 0.5) is 10.1 Å². The normalized spacial score (nSPS) is 23.6. The summed E-state index contributed by atoms with van der Waals surface area (Å²) in [5.74, 6) is 0.464. The summed E-state index contributed by atoms with van der Waals surface area (Å²) >= 11 is 6.73. The molecule has 2 aromatic carbocycles. The van der Waals surface area contributed by atoms with Crippen LogP contribution in [0, 0.1) is 5.82 Å². The van der Waals surface area contributed by atoms with E-state index in [1.165, 1.54) is 6.07 Å². The van der Waals surface area contributed by atoms with E-state index in [4.69, 9.17) is 35.6 Å². The van der Waals surface area contributed by atoms with Crippen LogP contribution in [-0.2, 0) is 18.6 Å². The molecule has 0 aliphatic carbocycles. The average molecular weight is 521 g/mol. The van der Waals surface area contributed by atoms with E-state index in [0.29, 0.717) is 85.8 Å². The Labute approximate surface area is 209 Å². The van der Waals surface area contributed by atoms with Crippen molar-refractivity contribution in [3.05, 3.63) is 52.8 Å². The molecule has 0 saturated carbocycles. The van der Waals surface area contributed by atoms with Crippen LogP contribution in [0.1, 0.15) is 12.5 Å². The van der Waals surface area contributed by atoms with Gasteiger partial charge in [0.2, 0.25) is 14.6 Å². The molecule has 0 radical (unpaired) electrons. The Kier molecular flexibility index (Phi) is 7.23. The smallest absolute Gasteiger partial charge is 0.237 e. The predicted molar refractivity (Wildman–Crippen MR) is 135 cm³/mol. The van der Waals surface area contributed by atoms with Crippen LogP contribution in [0.5, 0.6) is 0 Å². The fraction of sp³-hybridized carbons (Fsp3) is 0.417. The van der Waals surface area contributed by atoms with Crippen molar-refractivity contribution >= 4 is 37.7 Å². The SMILES string of the molecule is CC1(N2CCOCC2)N=C(N2CCOCC2)c2c(ccc(Cl)c2-c2ccccc2F)N=C1O[PH2]=O. The maximum Gasteiger partial charge on any atom is 0.237 e. The Morgan fingerprint density at radius 3 is 2.40 bits per heavy atom. The minimum absolute atomic E-state index is 0.232. The van der Waals surface area contributed by atoms with Crippen LogP contribution < -0.4 is 0 Å². The number of aliphatic imine (C=N–C) groups is 2. The standard InChI is InChI=1S/C24H27ClFN4O4P/c1-24(30-10-14-33-15-11-30)23(34-35-31)27-19-7-6-17(25)20(16-4-2-3-5-18(16)26)21(19)22(28-24)29-8-12-32-13-9-29/h2-7H,8-15,35H2,1H3. The molecule has 3 heterocycles. The number of ether oxygens (including phenoxy) is 2. The fourth-order valence-corrected chi connectivity index (χ4v) is 5.36. The highest BCUT2D eigenvalue weighted by molar-refractivity contribution is 7.18. The zero-order valence-corrected chi connectivity index (χ0v) is 21.3. The lowest BCUT2D eigenvalue weighted by atomic mass is 9.96. The van der Waals surface area contributed by atoms with Crippen molar-refractivity contribution in [2.24, 2.45) is 9.98 Å². The van der Waals surface area contributed by atoms with E-state index < -0.39 is 20.2 Å². The summed E-state index contributed by atoms with van der Waals surface area (Å²) in [6.45, 7) is 6.45. The lowest BCUT2D eigenvalue weighted by Gasteiger charge is -2.40. The molecule has 5 rings (SSSR count). The van der Waals surface area contributed by atoms with Crippen LogP contribution in [0.2, 0.25) is 5.02 Å². The number of fused-ring (bicyclic) bond motifs is 1. The Morgan fingerprint density at radius 1 is 1.03 bits per heavy atom. The second-order valence-electron chi connectivity index (χ2n) is 8.58. The monoisotopic (exact) mass is 520 g/mol. The number of benzene rings is 2. The molecule has 2 fully saturated rings. The Balaban J connectivity index is 1.80. The molecule has 8 nitrogen and oxygen atoms in total. The molecule has 2 aromatic rings. The number of morpholine rings is 2. The van der Waals surface area contributed by atoms with Gasteiger partial charge in [0.15, 0.2) is 5.66 Å². The van der Waals surface area contributed by atoms with Gasteiger partial charge in [0, 0.05) is 42.3 Å². The van der Waals surface area contributed by atoms with Crippen molar-refractivity contribution in [1.29, 1.82) is 0 Å². The summed E-state index contributed by atoms with van der Waals surface area (Å²) in [4.78, 5) is 14.3. The minimum atomic E-state index is -1.58. The van der Waals surface area contributed by atoms with E-state index in [2.05, 4.69) is 9.80 Å². The summed E-state index contributed by atoms with van der Waals surface area (Å²) in [5.41, 5.74) is 0.960. The lowest BCUT2D eigenvalue weighted by Crippen LogP contribution is -2.56. The van der Waals surface area contributed by atoms with E-state index in [1.807, 2.05) is 6.92 Å². The van der Waals surface area contributed by atoms with Gasteiger partial charge in [-0.1, -0.05) is 29.8 Å². The van der Waals surface area contributed by atoms with Crippen LogP contribution in [-0.4, -0.2) is 79.8 Å². The molecule has 0 spiro atoms. The first-order chi connectivity index (χ1) is 17.0. The van der Waals surface area contributed by atoms with Gasteiger partial charge in [0.05, 0.1) is 37.7 Å². The number of hydrogen-bond donors (Lipinski definition) is 0. The molecule has 0 N–H and O–H groups in total. The van der Waals surface area contributed by atoms with Crippen LogP contribution >= 0.6 is 20.3 Å². The molecule has 11 heteroatoms. The van der Waals surface area contributed by atoms with E-state index in [-0.39, 0.29) is 5.90 Å². The van der Waals surface area contributed by atoms with Gasteiger partial charge in [-0.15, -0.1) is 0 Å². The quantitative estimate of drug-likeness (QED) is 0.569. The third-order valence-electron chi connectivity index (χ3n) is 6.55. The summed E-state index contributed by atoms with van der Waals surface area (Å²) in [5, 5.41) is 0.386. The molecule has 2 unspecified atom stereocenters. The zero-order chi connectivity index (χ0) is 24.4. The van der Waals surface area contributed by atoms with Crippen LogP contribution in [0.25, 0.3) is 11.1 Å². The number of hydrogen-bond acceptors (Lipinski definition) is 8. The molecule has 0 aromatic heterocycles. The molecule has 2 atom stereocenters. The van der Waals surface area contributed by atoms with Crippen molar-refractivity contribution < 1.29 is 23.0 Å². The fourth-order valence-electron chi connectivity index (χ4n) is 4.73. The van der Waals surface area contributed by atoms with Crippen LogP contribution in [0.3, 0.4) is 0 Å². The van der Waals surface area contributed by atoms with E-state index in [1.54, 1.807) is 30.3 Å². The third-order valence-corrected chi connectivity index (χ3v) is 7.18. The highest BCUT2D eigenvalue weighted by Crippen LogP contribution is 2.42. The maximum atomic E-state index is 15.1. The first-order valence-electron chi connectivity index (χ1n) is 11.6. The van der Waals surface area contributed by atoms with Gasteiger partial charge in [-0.2, -0.15) is 0 Å². The molecule has 0 amide bonds. The van der Waals surface area contributed by atoms with Crippen molar-refractivity contribution in [3.63, 3.8) is 0 Å². The van der Waals surface area contributed by atoms with Gasteiger partial charge in [0.1, 0.15) is 11.7 Å². The molecule has 3 aliphatic heterocycles. The average Bonchev–Trinajstić information content (AvgIpc) is 3.01. The zero-order valence-electron chi connectivity index (χ0n) is 19.4. The van der Waals surface area contributed by atoms with Gasteiger partial charge in [-0.05, 0) is 25.1 Å². The summed E-state index contributed by atoms with van der Waals surface area (Å²) in [6, 6.07) is 9.98. The molecule has 3 aliphatic rings. The predicted octanol–water partition coefficient (Wildman–Crippen LogP) is 4.00. The third kappa shape index (κ3) is 4.63. The summed E-state index contributed by atoms with van der Waals surface area (Å²) in [6.07, 6.45) is 0. The van der Waals surface area contributed by atoms with Gasteiger partial charge in [0.25, 0.3) is 0 Å². The molecule has 35 heavy (non-hydrogen) atoms. The van der Waals surface area contributed by atoms with E-state index in [0.717, 1.165) is 0 Å². The van der Waals surface area contributed by atoms with Gasteiger partial charge >= 0.3 is 0 Å². The first-order valence-corrected chi connectivity index (χ1v) is 12.9. The number of rotatable bonds is 3. The van der Waals surface area contributed by atoms with Crippen LogP contribution in [0.15, 0.2) is 46.4 Å². The molecular formula is C24H27ClFN4O4P. The van der Waals surface area contributed by atoms with Crippen molar-refractivity contribution in [1.82, 2.24) is 9.80 Å². The van der Waals surface area contributed by atoms with E-state index in [9.17, 15) is 4.57 Å². The number of amidine groups is 1. The maximum absolute atomic E-state index is 15.1. The molecule has 186 valence electrons. The van der Waals surface area contributed by atoms with Gasteiger partial charge < -0.3 is 18.9 Å². The Morgan fingerprint density at radius 2 is 1.71 bits per heavy atom. The highest BCUT2D eigenvalue weighted by atomic mass is 35.5. The van der Waals surface area contributed by atoms with Crippen molar-refractivity contribution in [2.45, 2.75) is 12.6 Å². The van der Waals surface area contributed by atoms with Crippen molar-refractivity contribution in [2.75, 3.05) is 52.6 Å². The first kappa shape index (κ1) is 24.4. The summed E-state index contributed by atoms with van der Waals surface area (Å²) in [7, 11) is -1.58. The topological polar surface area (TPSA) is 76.0 Å². The molecule has 2 saturated heterocycles. The minimum Gasteiger partial charge on any atom is -0.429 e. The van der Waals surface area contributed by atoms with Crippen molar-refractivity contribution in [3.8, 4) is 11.1 Å². The highest BCUT2D eigenvalue weighted by Gasteiger charge is 2.43. The largest absolute Gasteiger partial charge is 0.429 e. The Bertz CT molecular complexity index is 1180. The number of halogens is 2. The van der Waals surface area contributed by atoms with E-state index >= 15 is 4.39 Å². The Hall–Kier alpha value is -2.29. The summed E-state index contributed by atoms with van der Waals surface area (Å²) < 4.78 is 43.7. The lowest BCUT2D eigenvalue weighted by molar-refractivity contribution is 0.00366. The van der Waals surface area contributed by atoms with Gasteiger partial charge in [-0.25, -0.2) is 14.4 Å². The molecular weight excluding hydrogens is 494 g/mol. The second kappa shape index (κ2) is 10.4. The van der Waals surface area contributed by atoms with Gasteiger partial charge in [-0.3, -0.25) is 9.46 Å². The molecule has 0 bridgehead atoms. The number of nitrogens with zero attached hydrogens (tertiary/aromatic N) is 4.